The summed E-state index contributed by atoms with van der Waals surface area (Å²) in [5.74, 6) is -1.14. The summed E-state index contributed by atoms with van der Waals surface area (Å²) in [6, 6.07) is 5.82. The van der Waals surface area contributed by atoms with Crippen LogP contribution in [0.5, 0.6) is 0 Å². The first-order chi connectivity index (χ1) is 12.6. The Morgan fingerprint density at radius 1 is 1.15 bits per heavy atom. The van der Waals surface area contributed by atoms with Crippen molar-refractivity contribution in [2.75, 3.05) is 13.2 Å². The molecule has 1 aromatic carbocycles. The molecule has 6 nitrogen and oxygen atoms in total. The summed E-state index contributed by atoms with van der Waals surface area (Å²) in [5, 5.41) is 2.80. The molecule has 3 amide bonds. The number of carbonyl (C=O) groups excluding carboxylic acids is 3. The van der Waals surface area contributed by atoms with E-state index in [0.29, 0.717) is 30.4 Å². The Morgan fingerprint density at radius 3 is 2.38 bits per heavy atom. The molecule has 0 saturated heterocycles. The van der Waals surface area contributed by atoms with Crippen LogP contribution >= 0.6 is 0 Å². The van der Waals surface area contributed by atoms with Crippen molar-refractivity contribution in [1.29, 1.82) is 0 Å². The standard InChI is InChI=1S/C20H26N2O4/c1-14(22-19(24)16-10-5-6-11-17(16)20(22)25)18(23)21-12-7-13-26-15-8-3-2-4-9-15/h5-6,10-11,14-15H,2-4,7-9,12-13H2,1H3,(H,21,23)/t14-/m1/s1. The molecule has 1 aliphatic heterocycles. The van der Waals surface area contributed by atoms with E-state index in [4.69, 9.17) is 4.74 Å². The number of hydrogen-bond donors (Lipinski definition) is 1. The normalized spacial score (nSPS) is 18.7. The summed E-state index contributed by atoms with van der Waals surface area (Å²) in [6.07, 6.45) is 7.10. The lowest BCUT2D eigenvalue weighted by molar-refractivity contribution is -0.124. The molecule has 0 radical (unpaired) electrons. The SMILES string of the molecule is C[C@H](C(=O)NCCCOC1CCCCC1)N1C(=O)c2ccccc2C1=O. The van der Waals surface area contributed by atoms with Gasteiger partial charge in [-0.3, -0.25) is 19.3 Å². The molecule has 1 saturated carbocycles. The van der Waals surface area contributed by atoms with Gasteiger partial charge in [0.1, 0.15) is 6.04 Å². The summed E-state index contributed by atoms with van der Waals surface area (Å²) < 4.78 is 5.83. The number of amides is 3. The Morgan fingerprint density at radius 2 is 1.77 bits per heavy atom. The highest BCUT2D eigenvalue weighted by atomic mass is 16.5. The first-order valence-corrected chi connectivity index (χ1v) is 9.46. The van der Waals surface area contributed by atoms with E-state index in [1.165, 1.54) is 19.3 Å². The lowest BCUT2D eigenvalue weighted by Crippen LogP contribution is -2.48. The predicted octanol–water partition coefficient (Wildman–Crippen LogP) is 2.53. The summed E-state index contributed by atoms with van der Waals surface area (Å²) in [5.41, 5.74) is 0.719. The van der Waals surface area contributed by atoms with Gasteiger partial charge in [-0.15, -0.1) is 0 Å². The molecule has 1 heterocycles. The van der Waals surface area contributed by atoms with E-state index < -0.39 is 17.9 Å². The van der Waals surface area contributed by atoms with Gasteiger partial charge in [0.25, 0.3) is 11.8 Å². The molecular formula is C20H26N2O4. The van der Waals surface area contributed by atoms with Gasteiger partial charge in [-0.2, -0.15) is 0 Å². The quantitative estimate of drug-likeness (QED) is 0.600. The average Bonchev–Trinajstić information content (AvgIpc) is 2.92. The molecule has 26 heavy (non-hydrogen) atoms. The molecule has 3 rings (SSSR count). The number of nitrogens with one attached hydrogen (secondary N) is 1. The highest BCUT2D eigenvalue weighted by Crippen LogP contribution is 2.24. The average molecular weight is 358 g/mol. The second kappa shape index (κ2) is 8.45. The summed E-state index contributed by atoms with van der Waals surface area (Å²) >= 11 is 0. The predicted molar refractivity (Wildman–Crippen MR) is 96.9 cm³/mol. The molecule has 2 aliphatic rings. The van der Waals surface area contributed by atoms with Gasteiger partial charge in [0.05, 0.1) is 17.2 Å². The van der Waals surface area contributed by atoms with Crippen molar-refractivity contribution < 1.29 is 19.1 Å². The van der Waals surface area contributed by atoms with Crippen molar-refractivity contribution in [3.8, 4) is 0 Å². The van der Waals surface area contributed by atoms with Crippen LogP contribution in [-0.2, 0) is 9.53 Å². The second-order valence-corrected chi connectivity index (χ2v) is 6.98. The molecule has 1 fully saturated rings. The number of imide groups is 1. The van der Waals surface area contributed by atoms with Gasteiger partial charge in [-0.1, -0.05) is 31.4 Å². The maximum Gasteiger partial charge on any atom is 0.262 e. The molecule has 140 valence electrons. The van der Waals surface area contributed by atoms with Gasteiger partial charge in [0.15, 0.2) is 0 Å². The molecule has 6 heteroatoms. The van der Waals surface area contributed by atoms with Gasteiger partial charge >= 0.3 is 0 Å². The molecule has 1 atom stereocenters. The van der Waals surface area contributed by atoms with Crippen LogP contribution < -0.4 is 5.32 Å². The third-order valence-electron chi connectivity index (χ3n) is 5.12. The van der Waals surface area contributed by atoms with E-state index in [1.807, 2.05) is 0 Å². The molecule has 1 N–H and O–H groups in total. The van der Waals surface area contributed by atoms with Crippen LogP contribution in [0, 0.1) is 0 Å². The zero-order valence-electron chi connectivity index (χ0n) is 15.2. The van der Waals surface area contributed by atoms with Crippen LogP contribution in [0.1, 0.15) is 66.2 Å². The third kappa shape index (κ3) is 3.96. The van der Waals surface area contributed by atoms with E-state index in [-0.39, 0.29) is 5.91 Å². The number of nitrogens with zero attached hydrogens (tertiary/aromatic N) is 1. The van der Waals surface area contributed by atoms with E-state index in [2.05, 4.69) is 5.32 Å². The Hall–Kier alpha value is -2.21. The van der Waals surface area contributed by atoms with Crippen LogP contribution in [0.25, 0.3) is 0 Å². The Labute approximate surface area is 153 Å². The van der Waals surface area contributed by atoms with Gasteiger partial charge in [0, 0.05) is 13.2 Å². The number of rotatable bonds is 7. The molecule has 0 bridgehead atoms. The minimum atomic E-state index is -0.832. The zero-order valence-corrected chi connectivity index (χ0v) is 15.2. The smallest absolute Gasteiger partial charge is 0.262 e. The third-order valence-corrected chi connectivity index (χ3v) is 5.12. The number of benzene rings is 1. The van der Waals surface area contributed by atoms with Crippen molar-refractivity contribution in [1.82, 2.24) is 10.2 Å². The van der Waals surface area contributed by atoms with Crippen LogP contribution in [-0.4, -0.2) is 47.9 Å². The van der Waals surface area contributed by atoms with Gasteiger partial charge in [0.2, 0.25) is 5.91 Å². The minimum Gasteiger partial charge on any atom is -0.378 e. The molecule has 1 aromatic rings. The topological polar surface area (TPSA) is 75.7 Å². The lowest BCUT2D eigenvalue weighted by atomic mass is 9.98. The number of ether oxygens (including phenoxy) is 1. The number of hydrogen-bond acceptors (Lipinski definition) is 4. The van der Waals surface area contributed by atoms with E-state index >= 15 is 0 Å². The molecule has 0 spiro atoms. The lowest BCUT2D eigenvalue weighted by Gasteiger charge is -2.23. The monoisotopic (exact) mass is 358 g/mol. The molecule has 0 aromatic heterocycles. The van der Waals surface area contributed by atoms with E-state index in [0.717, 1.165) is 24.2 Å². The first-order valence-electron chi connectivity index (χ1n) is 9.46. The zero-order chi connectivity index (χ0) is 18.5. The fourth-order valence-corrected chi connectivity index (χ4v) is 3.59. The largest absolute Gasteiger partial charge is 0.378 e. The van der Waals surface area contributed by atoms with Crippen molar-refractivity contribution in [2.24, 2.45) is 0 Å². The van der Waals surface area contributed by atoms with Crippen LogP contribution in [0.4, 0.5) is 0 Å². The van der Waals surface area contributed by atoms with Gasteiger partial charge in [-0.05, 0) is 38.3 Å². The number of carbonyl (C=O) groups is 3. The number of fused-ring (bicyclic) bond motifs is 1. The van der Waals surface area contributed by atoms with Gasteiger partial charge in [-0.25, -0.2) is 0 Å². The van der Waals surface area contributed by atoms with Crippen molar-refractivity contribution in [3.05, 3.63) is 35.4 Å². The first kappa shape index (κ1) is 18.6. The highest BCUT2D eigenvalue weighted by Gasteiger charge is 2.40. The molecular weight excluding hydrogens is 332 g/mol. The Kier molecular flexibility index (Phi) is 6.04. The van der Waals surface area contributed by atoms with E-state index in [9.17, 15) is 14.4 Å². The van der Waals surface area contributed by atoms with E-state index in [1.54, 1.807) is 31.2 Å². The van der Waals surface area contributed by atoms with Crippen molar-refractivity contribution in [3.63, 3.8) is 0 Å². The molecule has 0 unspecified atom stereocenters. The van der Waals surface area contributed by atoms with Gasteiger partial charge < -0.3 is 10.1 Å². The van der Waals surface area contributed by atoms with Crippen LogP contribution in [0.3, 0.4) is 0 Å². The second-order valence-electron chi connectivity index (χ2n) is 6.98. The maximum absolute atomic E-state index is 12.4. The van der Waals surface area contributed by atoms with Crippen molar-refractivity contribution >= 4 is 17.7 Å². The Balaban J connectivity index is 1.43. The van der Waals surface area contributed by atoms with Crippen LogP contribution in [0.15, 0.2) is 24.3 Å². The van der Waals surface area contributed by atoms with Crippen LogP contribution in [0.2, 0.25) is 0 Å². The summed E-state index contributed by atoms with van der Waals surface area (Å²) in [4.78, 5) is 38.2. The Bertz CT molecular complexity index is 647. The summed E-state index contributed by atoms with van der Waals surface area (Å²) in [7, 11) is 0. The summed E-state index contributed by atoms with van der Waals surface area (Å²) in [6.45, 7) is 2.67. The highest BCUT2D eigenvalue weighted by molar-refractivity contribution is 6.22. The molecule has 1 aliphatic carbocycles. The minimum absolute atomic E-state index is 0.322. The fourth-order valence-electron chi connectivity index (χ4n) is 3.59. The fraction of sp³-hybridized carbons (Fsp3) is 0.550. The maximum atomic E-state index is 12.4. The van der Waals surface area contributed by atoms with Crippen molar-refractivity contribution in [2.45, 2.75) is 57.6 Å².